The third-order valence-corrected chi connectivity index (χ3v) is 13.8. The van der Waals surface area contributed by atoms with Crippen LogP contribution in [-0.4, -0.2) is 4.57 Å². The van der Waals surface area contributed by atoms with Crippen LogP contribution in [0, 0.1) is 0 Å². The molecule has 11 aromatic rings. The Kier molecular flexibility index (Phi) is 4.37. The first-order chi connectivity index (χ1) is 49.9. The van der Waals surface area contributed by atoms with Gasteiger partial charge in [0, 0.05) is 47.9 Å². The van der Waals surface area contributed by atoms with Crippen LogP contribution in [0.5, 0.6) is 0 Å². The highest BCUT2D eigenvalue weighted by atomic mass is 15.1. The van der Waals surface area contributed by atoms with E-state index in [-0.39, 0.29) is 22.3 Å². The maximum atomic E-state index is 11.0. The molecule has 2 nitrogen and oxygen atoms in total. The van der Waals surface area contributed by atoms with Crippen molar-refractivity contribution in [1.29, 1.82) is 0 Å². The maximum absolute atomic E-state index is 11.0. The molecule has 0 saturated heterocycles. The van der Waals surface area contributed by atoms with E-state index in [1.165, 1.54) is 42.5 Å². The predicted molar refractivity (Wildman–Crippen MR) is 296 cm³/mol. The first kappa shape index (κ1) is 19.2. The lowest BCUT2D eigenvalue weighted by Crippen LogP contribution is -2.30. The van der Waals surface area contributed by atoms with Crippen LogP contribution >= 0.6 is 0 Å². The third kappa shape index (κ3) is 6.33. The minimum absolute atomic E-state index is 0.0339. The molecular weight excluding hydrogens is 857 g/mol. The largest absolute Gasteiger partial charge is 0.337 e. The number of para-hydroxylation sites is 1. The lowest BCUT2D eigenvalue weighted by molar-refractivity contribution is 0.419. The van der Waals surface area contributed by atoms with E-state index in [4.69, 9.17) is 17.8 Å². The summed E-state index contributed by atoms with van der Waals surface area (Å²) < 4.78 is 342. The standard InChI is InChI=1S/C69H54N2/c1-68(2)61-30-12-9-26-55(61)57-40-38-53(43-63(57)68)70(45-46-34-36-49(37-35-46)47-18-5-3-6-19-47)54-39-41-59-58-28-11-14-32-64(58)71(66(59)44-54)65-33-17-29-60-56-27-10-13-31-62(56)69(67(60)65,51-23-7-4-8-24-51)52-25-16-22-50(42-52)48-20-15-21-48/h3-14,16-19,22-44,48H,15,20-21,45H2,1-2H3/i1D3,2D3,3D,4D,5D,6D,7D,8D,10D,11D,13D,14D,16D,18D,19D,22D,23D,24D,25D,27D,28D,29D,31D,32D,33D,34D,35D,36D,37D,39D,41D,44D. The summed E-state index contributed by atoms with van der Waals surface area (Å²) in [7, 11) is 0. The molecule has 0 N–H and O–H groups in total. The Morgan fingerprint density at radius 2 is 1.27 bits per heavy atom. The van der Waals surface area contributed by atoms with E-state index >= 15 is 0 Å². The minimum atomic E-state index is -3.47. The van der Waals surface area contributed by atoms with E-state index in [1.807, 2.05) is 0 Å². The second-order valence-electron chi connectivity index (χ2n) is 17.5. The van der Waals surface area contributed by atoms with Gasteiger partial charge >= 0.3 is 0 Å². The highest BCUT2D eigenvalue weighted by Gasteiger charge is 2.48. The van der Waals surface area contributed by atoms with Crippen LogP contribution < -0.4 is 4.90 Å². The number of hydrogen-bond acceptors (Lipinski definition) is 1. The van der Waals surface area contributed by atoms with Crippen LogP contribution in [0.15, 0.2) is 236 Å². The number of anilines is 2. The summed E-state index contributed by atoms with van der Waals surface area (Å²) in [6.07, 6.45) is 1.37. The topological polar surface area (TPSA) is 8.17 Å². The summed E-state index contributed by atoms with van der Waals surface area (Å²) in [5.74, 6) is -0.561. The van der Waals surface area contributed by atoms with Gasteiger partial charge in [0.05, 0.1) is 63.3 Å². The van der Waals surface area contributed by atoms with Crippen LogP contribution in [0.25, 0.3) is 60.9 Å². The van der Waals surface area contributed by atoms with Crippen molar-refractivity contribution < 1.29 is 49.3 Å². The highest BCUT2D eigenvalue weighted by molar-refractivity contribution is 6.11. The van der Waals surface area contributed by atoms with Gasteiger partial charge in [-0.25, -0.2) is 0 Å². The van der Waals surface area contributed by atoms with Gasteiger partial charge in [-0.2, -0.15) is 0 Å². The molecule has 3 aliphatic carbocycles. The molecule has 2 heteroatoms. The molecule has 0 spiro atoms. The maximum Gasteiger partial charge on any atom is 0.0734 e. The van der Waals surface area contributed by atoms with Gasteiger partial charge in [0.2, 0.25) is 0 Å². The Hall–Kier alpha value is -8.20. The first-order valence-corrected chi connectivity index (χ1v) is 22.6. The van der Waals surface area contributed by atoms with E-state index in [2.05, 4.69) is 0 Å². The molecule has 1 saturated carbocycles. The molecule has 0 radical (unpaired) electrons. The second-order valence-corrected chi connectivity index (χ2v) is 17.5. The van der Waals surface area contributed by atoms with Gasteiger partial charge in [-0.3, -0.25) is 0 Å². The predicted octanol–water partition coefficient (Wildman–Crippen LogP) is 17.7. The average Bonchev–Trinajstić information content (AvgIpc) is 1.51. The lowest BCUT2D eigenvalue weighted by atomic mass is 9.66. The van der Waals surface area contributed by atoms with Crippen LogP contribution in [0.3, 0.4) is 0 Å². The number of hydrogen-bond donors (Lipinski definition) is 0. The fourth-order valence-electron chi connectivity index (χ4n) is 10.4. The van der Waals surface area contributed by atoms with E-state index in [9.17, 15) is 31.5 Å². The van der Waals surface area contributed by atoms with Gasteiger partial charge in [-0.15, -0.1) is 0 Å². The fourth-order valence-corrected chi connectivity index (χ4v) is 10.4. The first-order valence-electron chi connectivity index (χ1n) is 40.6. The van der Waals surface area contributed by atoms with E-state index in [1.54, 1.807) is 0 Å². The molecule has 14 rings (SSSR count). The van der Waals surface area contributed by atoms with Crippen molar-refractivity contribution in [2.45, 2.75) is 56.3 Å². The molecule has 340 valence electrons. The van der Waals surface area contributed by atoms with Crippen LogP contribution in [0.2, 0.25) is 0 Å². The van der Waals surface area contributed by atoms with Crippen molar-refractivity contribution in [3.05, 3.63) is 280 Å². The van der Waals surface area contributed by atoms with Crippen molar-refractivity contribution in [2.24, 2.45) is 0 Å². The summed E-state index contributed by atoms with van der Waals surface area (Å²) in [5, 5.41) is -1.41. The van der Waals surface area contributed by atoms with Crippen LogP contribution in [0.4, 0.5) is 11.4 Å². The molecule has 1 heterocycles. The molecule has 1 atom stereocenters. The van der Waals surface area contributed by atoms with Crippen molar-refractivity contribution in [1.82, 2.24) is 4.57 Å². The smallest absolute Gasteiger partial charge is 0.0734 e. The molecule has 3 aliphatic rings. The SMILES string of the molecule is [2H]c1cc([2H])c(-n2c3c([2H])c([2H])c([2H])c([2H])c3c3c([2H])c([2H])c(N(Cc4c([2H])c([2H])c(-c5c([2H])c([2H])c([2H])c([2H])c5[2H])c([2H])c4[2H])c4ccc5c(c4)C(C([2H])([2H])[2H])(C([2H])([2H])[2H])c4ccccc4-5)c([2H])c32)c2c1-c1c([2H])c([2H])c([2H])c([2H])c1C2(c1cc(C2CCC2)c([2H])c([2H])c1[2H])c1c([2H])c([2H])c([2H])c([2H])c1[2H]. The van der Waals surface area contributed by atoms with E-state index in [0.717, 1.165) is 21.6 Å². The van der Waals surface area contributed by atoms with Crippen molar-refractivity contribution in [3.63, 3.8) is 0 Å². The number of nitrogens with zero attached hydrogens (tertiary/aromatic N) is 2. The average molecular weight is 947 g/mol. The molecular formula is C69H54N2. The molecule has 71 heavy (non-hydrogen) atoms. The second kappa shape index (κ2) is 16.2. The van der Waals surface area contributed by atoms with Gasteiger partial charge in [0.25, 0.3) is 0 Å². The Balaban J connectivity index is 1.21. The third-order valence-electron chi connectivity index (χ3n) is 13.8. The van der Waals surface area contributed by atoms with Gasteiger partial charge in [-0.1, -0.05) is 220 Å². The Bertz CT molecular complexity index is 5800. The number of aromatic nitrogens is 1. The monoisotopic (exact) mass is 947 g/mol. The number of fused-ring (bicyclic) bond motifs is 9. The molecule has 1 fully saturated rings. The molecule has 0 amide bonds. The van der Waals surface area contributed by atoms with Gasteiger partial charge in [0.15, 0.2) is 0 Å². The van der Waals surface area contributed by atoms with Gasteiger partial charge < -0.3 is 9.47 Å². The Morgan fingerprint density at radius 3 is 2.10 bits per heavy atom. The van der Waals surface area contributed by atoms with Crippen molar-refractivity contribution in [2.75, 3.05) is 4.90 Å². The zero-order valence-corrected chi connectivity index (χ0v) is 37.0. The van der Waals surface area contributed by atoms with E-state index in [0.29, 0.717) is 19.3 Å². The fraction of sp³-hybridized carbons (Fsp3) is 0.130. The summed E-state index contributed by atoms with van der Waals surface area (Å²) in [6.45, 7) is -8.10. The normalized spacial score (nSPS) is 23.8. The zero-order valence-electron chi connectivity index (χ0n) is 73.0. The summed E-state index contributed by atoms with van der Waals surface area (Å²) >= 11 is 0. The quantitative estimate of drug-likeness (QED) is 0.140. The Morgan fingerprint density at radius 1 is 0.535 bits per heavy atom. The van der Waals surface area contributed by atoms with E-state index < -0.39 is 313 Å². The number of rotatable bonds is 9. The summed E-state index contributed by atoms with van der Waals surface area (Å²) in [4.78, 5) is 0.906. The van der Waals surface area contributed by atoms with Crippen LogP contribution in [0.1, 0.15) is 133 Å². The van der Waals surface area contributed by atoms with Crippen molar-refractivity contribution >= 4 is 33.2 Å². The minimum Gasteiger partial charge on any atom is -0.337 e. The molecule has 1 unspecified atom stereocenters. The Labute approximate surface area is 467 Å². The van der Waals surface area contributed by atoms with Crippen molar-refractivity contribution in [3.8, 4) is 39.1 Å². The molecule has 1 aromatic heterocycles. The summed E-state index contributed by atoms with van der Waals surface area (Å²) in [5.41, 5.74) is -16.8. The highest BCUT2D eigenvalue weighted by Crippen LogP contribution is 2.59. The lowest BCUT2D eigenvalue weighted by Gasteiger charge is -2.36. The number of benzene rings is 10. The van der Waals surface area contributed by atoms with Gasteiger partial charge in [0.1, 0.15) is 0 Å². The summed E-state index contributed by atoms with van der Waals surface area (Å²) in [6, 6.07) is -17.9. The van der Waals surface area contributed by atoms with Gasteiger partial charge in [-0.05, 0) is 127 Å². The zero-order chi connectivity index (χ0) is 78.4. The molecule has 10 aromatic carbocycles. The molecule has 0 bridgehead atoms. The van der Waals surface area contributed by atoms with Crippen LogP contribution in [-0.2, 0) is 17.4 Å². The molecule has 0 aliphatic heterocycles.